The highest BCUT2D eigenvalue weighted by Gasteiger charge is 2.14. The number of halogens is 1. The molecule has 0 saturated carbocycles. The lowest BCUT2D eigenvalue weighted by Gasteiger charge is -2.13. The average molecular weight is 488 g/mol. The van der Waals surface area contributed by atoms with E-state index < -0.39 is 0 Å². The minimum atomic E-state index is -0.314. The fraction of sp³-hybridized carbons (Fsp3) is 0.0400. The van der Waals surface area contributed by atoms with Crippen LogP contribution in [0.15, 0.2) is 94.0 Å². The maximum absolute atomic E-state index is 13.2. The van der Waals surface area contributed by atoms with Crippen LogP contribution in [0, 0.1) is 0 Å². The maximum atomic E-state index is 13.2. The van der Waals surface area contributed by atoms with E-state index in [1.165, 1.54) is 4.57 Å². The molecular weight excluding hydrogens is 470 g/mol. The van der Waals surface area contributed by atoms with Crippen molar-refractivity contribution in [3.05, 3.63) is 99.9 Å². The SMILES string of the molecule is O=C(CSc1nc2ccccc2c(=O)n1-c1ccc(Cl)cc1)NN=Cc1c[nH]c2ccccc12. The molecule has 0 radical (unpaired) electrons. The highest BCUT2D eigenvalue weighted by atomic mass is 35.5. The summed E-state index contributed by atoms with van der Waals surface area (Å²) in [5.74, 6) is -0.282. The zero-order chi connectivity index (χ0) is 23.5. The minimum absolute atomic E-state index is 0.0313. The van der Waals surface area contributed by atoms with E-state index >= 15 is 0 Å². The van der Waals surface area contributed by atoms with Gasteiger partial charge in [0.25, 0.3) is 11.5 Å². The molecule has 0 aliphatic carbocycles. The second-order valence-electron chi connectivity index (χ2n) is 7.40. The quantitative estimate of drug-likeness (QED) is 0.156. The second kappa shape index (κ2) is 9.54. The van der Waals surface area contributed by atoms with Crippen LogP contribution in [0.25, 0.3) is 27.5 Å². The third-order valence-electron chi connectivity index (χ3n) is 5.18. The van der Waals surface area contributed by atoms with Crippen LogP contribution in [0.2, 0.25) is 5.02 Å². The highest BCUT2D eigenvalue weighted by molar-refractivity contribution is 7.99. The number of para-hydroxylation sites is 2. The first-order valence-corrected chi connectivity index (χ1v) is 11.7. The van der Waals surface area contributed by atoms with E-state index in [1.807, 2.05) is 36.5 Å². The summed E-state index contributed by atoms with van der Waals surface area (Å²) in [5.41, 5.74) is 5.37. The number of thioether (sulfide) groups is 1. The first kappa shape index (κ1) is 21.9. The Hall–Kier alpha value is -3.88. The predicted octanol–water partition coefficient (Wildman–Crippen LogP) is 4.76. The lowest BCUT2D eigenvalue weighted by molar-refractivity contribution is -0.118. The number of amides is 1. The number of hydrazone groups is 1. The Morgan fingerprint density at radius 2 is 1.79 bits per heavy atom. The highest BCUT2D eigenvalue weighted by Crippen LogP contribution is 2.22. The average Bonchev–Trinajstić information content (AvgIpc) is 3.27. The molecule has 34 heavy (non-hydrogen) atoms. The van der Waals surface area contributed by atoms with Crippen LogP contribution in [0.5, 0.6) is 0 Å². The standard InChI is InChI=1S/C25H18ClN5O2S/c26-17-9-11-18(12-10-17)31-24(33)20-6-2-4-8-22(20)29-25(31)34-15-23(32)30-28-14-16-13-27-21-7-3-1-5-19(16)21/h1-14,27H,15H2,(H,30,32). The number of rotatable bonds is 6. The number of carbonyl (C=O) groups excluding carboxylic acids is 1. The molecule has 168 valence electrons. The molecule has 3 aromatic carbocycles. The van der Waals surface area contributed by atoms with E-state index in [9.17, 15) is 9.59 Å². The van der Waals surface area contributed by atoms with Crippen LogP contribution >= 0.6 is 23.4 Å². The number of hydrogen-bond donors (Lipinski definition) is 2. The van der Waals surface area contributed by atoms with Gasteiger partial charge >= 0.3 is 0 Å². The summed E-state index contributed by atoms with van der Waals surface area (Å²) in [6.45, 7) is 0. The summed E-state index contributed by atoms with van der Waals surface area (Å²) >= 11 is 7.18. The topological polar surface area (TPSA) is 92.1 Å². The molecule has 5 aromatic rings. The van der Waals surface area contributed by atoms with Crippen LogP contribution in [-0.4, -0.2) is 32.4 Å². The third-order valence-corrected chi connectivity index (χ3v) is 6.37. The molecular formula is C25H18ClN5O2S. The summed E-state index contributed by atoms with van der Waals surface area (Å²) in [4.78, 5) is 33.5. The van der Waals surface area contributed by atoms with Crippen LogP contribution in [0.3, 0.4) is 0 Å². The molecule has 7 nitrogen and oxygen atoms in total. The summed E-state index contributed by atoms with van der Waals surface area (Å²) < 4.78 is 1.49. The molecule has 0 aliphatic heterocycles. The number of aromatic amines is 1. The van der Waals surface area contributed by atoms with Gasteiger partial charge in [0.05, 0.1) is 28.6 Å². The van der Waals surface area contributed by atoms with Crippen LogP contribution in [0.4, 0.5) is 0 Å². The first-order chi connectivity index (χ1) is 16.6. The van der Waals surface area contributed by atoms with Crippen molar-refractivity contribution >= 4 is 57.3 Å². The lowest BCUT2D eigenvalue weighted by Crippen LogP contribution is -2.24. The molecule has 0 spiro atoms. The minimum Gasteiger partial charge on any atom is -0.361 e. The number of nitrogens with one attached hydrogen (secondary N) is 2. The third kappa shape index (κ3) is 4.46. The lowest BCUT2D eigenvalue weighted by atomic mass is 10.2. The van der Waals surface area contributed by atoms with E-state index in [-0.39, 0.29) is 17.2 Å². The van der Waals surface area contributed by atoms with Gasteiger partial charge in [0.2, 0.25) is 0 Å². The maximum Gasteiger partial charge on any atom is 0.266 e. The number of hydrogen-bond acceptors (Lipinski definition) is 5. The molecule has 0 fully saturated rings. The van der Waals surface area contributed by atoms with Gasteiger partial charge in [-0.3, -0.25) is 14.2 Å². The van der Waals surface area contributed by atoms with E-state index in [1.54, 1.807) is 48.7 Å². The summed E-state index contributed by atoms with van der Waals surface area (Å²) in [7, 11) is 0. The molecule has 2 aromatic heterocycles. The molecule has 1 amide bonds. The summed E-state index contributed by atoms with van der Waals surface area (Å²) in [6.07, 6.45) is 3.43. The number of benzene rings is 3. The fourth-order valence-corrected chi connectivity index (χ4v) is 4.50. The van der Waals surface area contributed by atoms with Crippen molar-refractivity contribution in [2.45, 2.75) is 5.16 Å². The van der Waals surface area contributed by atoms with E-state index in [4.69, 9.17) is 11.6 Å². The molecule has 0 saturated heterocycles. The fourth-order valence-electron chi connectivity index (χ4n) is 3.56. The van der Waals surface area contributed by atoms with Crippen molar-refractivity contribution in [3.63, 3.8) is 0 Å². The van der Waals surface area contributed by atoms with E-state index in [2.05, 4.69) is 20.5 Å². The Morgan fingerprint density at radius 1 is 1.06 bits per heavy atom. The van der Waals surface area contributed by atoms with Crippen LogP contribution < -0.4 is 11.0 Å². The van der Waals surface area contributed by atoms with Crippen molar-refractivity contribution in [1.29, 1.82) is 0 Å². The van der Waals surface area contributed by atoms with Crippen molar-refractivity contribution in [1.82, 2.24) is 20.0 Å². The molecule has 5 rings (SSSR count). The zero-order valence-electron chi connectivity index (χ0n) is 17.7. The van der Waals surface area contributed by atoms with Gasteiger partial charge in [0, 0.05) is 27.7 Å². The Bertz CT molecular complexity index is 1590. The number of fused-ring (bicyclic) bond motifs is 2. The van der Waals surface area contributed by atoms with Gasteiger partial charge in [0.15, 0.2) is 5.16 Å². The number of nitrogens with zero attached hydrogens (tertiary/aromatic N) is 3. The van der Waals surface area contributed by atoms with Crippen LogP contribution in [0.1, 0.15) is 5.56 Å². The van der Waals surface area contributed by atoms with Crippen molar-refractivity contribution in [2.24, 2.45) is 5.10 Å². The van der Waals surface area contributed by atoms with Gasteiger partial charge in [0.1, 0.15) is 0 Å². The summed E-state index contributed by atoms with van der Waals surface area (Å²) in [6, 6.07) is 21.9. The Kier molecular flexibility index (Phi) is 6.16. The van der Waals surface area contributed by atoms with Gasteiger partial charge in [-0.1, -0.05) is 53.7 Å². The smallest absolute Gasteiger partial charge is 0.266 e. The largest absolute Gasteiger partial charge is 0.361 e. The van der Waals surface area contributed by atoms with Gasteiger partial charge in [-0.15, -0.1) is 0 Å². The van der Waals surface area contributed by atoms with Gasteiger partial charge in [-0.25, -0.2) is 10.4 Å². The Labute approximate surface area is 203 Å². The Morgan fingerprint density at radius 3 is 2.62 bits per heavy atom. The van der Waals surface area contributed by atoms with Gasteiger partial charge in [-0.2, -0.15) is 5.10 Å². The Balaban J connectivity index is 1.36. The van der Waals surface area contributed by atoms with Crippen molar-refractivity contribution in [2.75, 3.05) is 5.75 Å². The van der Waals surface area contributed by atoms with Crippen LogP contribution in [-0.2, 0) is 4.79 Å². The molecule has 9 heteroatoms. The normalized spacial score (nSPS) is 11.4. The number of H-pyrrole nitrogens is 1. The second-order valence-corrected chi connectivity index (χ2v) is 8.78. The molecule has 0 atom stereocenters. The number of aromatic nitrogens is 3. The van der Waals surface area contributed by atoms with Crippen molar-refractivity contribution < 1.29 is 4.79 Å². The van der Waals surface area contributed by atoms with Crippen molar-refractivity contribution in [3.8, 4) is 5.69 Å². The molecule has 2 N–H and O–H groups in total. The molecule has 2 heterocycles. The predicted molar refractivity (Wildman–Crippen MR) is 137 cm³/mol. The van der Waals surface area contributed by atoms with Gasteiger partial charge < -0.3 is 4.98 Å². The first-order valence-electron chi connectivity index (χ1n) is 10.4. The zero-order valence-corrected chi connectivity index (χ0v) is 19.3. The van der Waals surface area contributed by atoms with E-state index in [0.717, 1.165) is 28.2 Å². The van der Waals surface area contributed by atoms with E-state index in [0.29, 0.717) is 26.8 Å². The van der Waals surface area contributed by atoms with Gasteiger partial charge in [-0.05, 0) is 42.5 Å². The monoisotopic (exact) mass is 487 g/mol. The summed E-state index contributed by atoms with van der Waals surface area (Å²) in [5, 5.41) is 6.55. The number of carbonyl (C=O) groups is 1. The molecule has 0 aliphatic rings. The molecule has 0 unspecified atom stereocenters. The molecule has 0 bridgehead atoms.